The van der Waals surface area contributed by atoms with Crippen LogP contribution in [-0.4, -0.2) is 32.7 Å². The molecule has 1 aromatic rings. The minimum Gasteiger partial charge on any atom is -0.352 e. The molecule has 0 bridgehead atoms. The van der Waals surface area contributed by atoms with Crippen molar-refractivity contribution in [3.05, 3.63) is 46.8 Å². The SMILES string of the molecule is C/C=C\C1COC(CCC2COC(c3ccc(Cl)c(F)c3)OC2)OC1. The Bertz CT molecular complexity index is 579. The Balaban J connectivity index is 1.39. The molecule has 3 rings (SSSR count). The van der Waals surface area contributed by atoms with Crippen LogP contribution in [0.25, 0.3) is 0 Å². The molecule has 2 aliphatic rings. The number of hydrogen-bond acceptors (Lipinski definition) is 4. The van der Waals surface area contributed by atoms with Gasteiger partial charge in [0.15, 0.2) is 12.6 Å². The molecule has 0 amide bonds. The minimum atomic E-state index is -0.535. The summed E-state index contributed by atoms with van der Waals surface area (Å²) in [7, 11) is 0. The highest BCUT2D eigenvalue weighted by Gasteiger charge is 2.26. The molecule has 0 unspecified atom stereocenters. The zero-order valence-corrected chi connectivity index (χ0v) is 15.1. The summed E-state index contributed by atoms with van der Waals surface area (Å²) in [6, 6.07) is 4.60. The van der Waals surface area contributed by atoms with Crippen molar-refractivity contribution in [1.82, 2.24) is 0 Å². The second-order valence-electron chi connectivity index (χ2n) is 6.50. The van der Waals surface area contributed by atoms with Crippen molar-refractivity contribution in [1.29, 1.82) is 0 Å². The van der Waals surface area contributed by atoms with Gasteiger partial charge >= 0.3 is 0 Å². The Morgan fingerprint density at radius 2 is 1.80 bits per heavy atom. The van der Waals surface area contributed by atoms with Crippen LogP contribution in [-0.2, 0) is 18.9 Å². The van der Waals surface area contributed by atoms with E-state index in [-0.39, 0.29) is 17.2 Å². The predicted molar refractivity (Wildman–Crippen MR) is 92.8 cm³/mol. The van der Waals surface area contributed by atoms with E-state index in [4.69, 9.17) is 30.5 Å². The van der Waals surface area contributed by atoms with Crippen molar-refractivity contribution in [3.63, 3.8) is 0 Å². The first-order chi connectivity index (χ1) is 12.2. The van der Waals surface area contributed by atoms with Gasteiger partial charge in [0.05, 0.1) is 31.5 Å². The summed E-state index contributed by atoms with van der Waals surface area (Å²) < 4.78 is 36.5. The zero-order valence-electron chi connectivity index (χ0n) is 14.3. The lowest BCUT2D eigenvalue weighted by Gasteiger charge is -2.32. The van der Waals surface area contributed by atoms with Gasteiger partial charge in [-0.15, -0.1) is 0 Å². The number of rotatable bonds is 5. The zero-order chi connectivity index (χ0) is 17.6. The molecule has 138 valence electrons. The van der Waals surface area contributed by atoms with Crippen LogP contribution in [0.3, 0.4) is 0 Å². The molecule has 0 spiro atoms. The van der Waals surface area contributed by atoms with Crippen molar-refractivity contribution < 1.29 is 23.3 Å². The van der Waals surface area contributed by atoms with Crippen LogP contribution in [0.2, 0.25) is 5.02 Å². The van der Waals surface area contributed by atoms with E-state index >= 15 is 0 Å². The van der Waals surface area contributed by atoms with E-state index in [0.717, 1.165) is 12.8 Å². The summed E-state index contributed by atoms with van der Waals surface area (Å²) in [6.07, 6.45) is 5.17. The average Bonchev–Trinajstić information content (AvgIpc) is 2.64. The second-order valence-corrected chi connectivity index (χ2v) is 6.90. The number of hydrogen-bond donors (Lipinski definition) is 0. The molecule has 2 heterocycles. The normalized spacial score (nSPS) is 30.7. The monoisotopic (exact) mass is 370 g/mol. The maximum absolute atomic E-state index is 13.5. The summed E-state index contributed by atoms with van der Waals surface area (Å²) in [5, 5.41) is 0.0987. The first-order valence-electron chi connectivity index (χ1n) is 8.70. The summed E-state index contributed by atoms with van der Waals surface area (Å²) in [4.78, 5) is 0. The maximum Gasteiger partial charge on any atom is 0.183 e. The highest BCUT2D eigenvalue weighted by molar-refractivity contribution is 6.30. The van der Waals surface area contributed by atoms with E-state index in [0.29, 0.717) is 37.9 Å². The lowest BCUT2D eigenvalue weighted by atomic mass is 10.0. The first kappa shape index (κ1) is 18.8. The standard InChI is InChI=1S/C19H24ClFO4/c1-2-3-13-9-22-18(23-10-13)7-4-14-11-24-19(25-12-14)15-5-6-16(20)17(21)8-15/h2-3,5-6,8,13-14,18-19H,4,7,9-12H2,1H3/b3-2-. The molecule has 1 aromatic carbocycles. The van der Waals surface area contributed by atoms with E-state index in [1.165, 1.54) is 12.1 Å². The summed E-state index contributed by atoms with van der Waals surface area (Å²) in [5.41, 5.74) is 0.648. The highest BCUT2D eigenvalue weighted by Crippen LogP contribution is 2.29. The van der Waals surface area contributed by atoms with E-state index in [9.17, 15) is 4.39 Å². The fourth-order valence-electron chi connectivity index (χ4n) is 3.04. The van der Waals surface area contributed by atoms with Crippen molar-refractivity contribution in [3.8, 4) is 0 Å². The fourth-order valence-corrected chi connectivity index (χ4v) is 3.16. The van der Waals surface area contributed by atoms with Gasteiger partial charge in [-0.1, -0.05) is 29.8 Å². The van der Waals surface area contributed by atoms with Crippen molar-refractivity contribution in [2.45, 2.75) is 32.3 Å². The van der Waals surface area contributed by atoms with Crippen molar-refractivity contribution in [2.24, 2.45) is 11.8 Å². The maximum atomic E-state index is 13.5. The van der Waals surface area contributed by atoms with Gasteiger partial charge in [0.1, 0.15) is 5.82 Å². The number of benzene rings is 1. The van der Waals surface area contributed by atoms with Gasteiger partial charge in [-0.05, 0) is 31.9 Å². The van der Waals surface area contributed by atoms with Crippen molar-refractivity contribution >= 4 is 11.6 Å². The van der Waals surface area contributed by atoms with Crippen LogP contribution >= 0.6 is 11.6 Å². The third kappa shape index (κ3) is 5.25. The molecule has 2 aliphatic heterocycles. The van der Waals surface area contributed by atoms with E-state index in [1.54, 1.807) is 6.07 Å². The lowest BCUT2D eigenvalue weighted by Crippen LogP contribution is -2.33. The second kappa shape index (κ2) is 9.10. The van der Waals surface area contributed by atoms with E-state index in [2.05, 4.69) is 6.08 Å². The molecule has 2 fully saturated rings. The molecule has 6 heteroatoms. The van der Waals surface area contributed by atoms with Gasteiger partial charge in [0, 0.05) is 17.4 Å². The van der Waals surface area contributed by atoms with Gasteiger partial charge in [-0.25, -0.2) is 4.39 Å². The van der Waals surface area contributed by atoms with Crippen LogP contribution < -0.4 is 0 Å². The Morgan fingerprint density at radius 1 is 1.08 bits per heavy atom. The first-order valence-corrected chi connectivity index (χ1v) is 9.07. The van der Waals surface area contributed by atoms with Gasteiger partial charge in [-0.2, -0.15) is 0 Å². The quantitative estimate of drug-likeness (QED) is 0.716. The number of ether oxygens (including phenoxy) is 4. The van der Waals surface area contributed by atoms with E-state index < -0.39 is 12.1 Å². The predicted octanol–water partition coefficient (Wildman–Crippen LogP) is 4.49. The topological polar surface area (TPSA) is 36.9 Å². The average molecular weight is 371 g/mol. The fraction of sp³-hybridized carbons (Fsp3) is 0.579. The summed E-state index contributed by atoms with van der Waals surface area (Å²) in [6.45, 7) is 4.56. The molecular weight excluding hydrogens is 347 g/mol. The smallest absolute Gasteiger partial charge is 0.183 e. The van der Waals surface area contributed by atoms with Gasteiger partial charge < -0.3 is 18.9 Å². The molecule has 25 heavy (non-hydrogen) atoms. The van der Waals surface area contributed by atoms with Gasteiger partial charge in [-0.3, -0.25) is 0 Å². The Morgan fingerprint density at radius 3 is 2.44 bits per heavy atom. The van der Waals surface area contributed by atoms with Crippen LogP contribution in [0.1, 0.15) is 31.6 Å². The van der Waals surface area contributed by atoms with E-state index in [1.807, 2.05) is 13.0 Å². The molecule has 0 aromatic heterocycles. The van der Waals surface area contributed by atoms with Crippen LogP contribution in [0.5, 0.6) is 0 Å². The Labute approximate surface area is 152 Å². The molecule has 2 saturated heterocycles. The summed E-state index contributed by atoms with van der Waals surface area (Å²) in [5.74, 6) is 0.174. The van der Waals surface area contributed by atoms with Crippen LogP contribution in [0, 0.1) is 17.7 Å². The molecule has 0 N–H and O–H groups in total. The molecular formula is C19H24ClFO4. The molecule has 0 radical (unpaired) electrons. The third-order valence-corrected chi connectivity index (χ3v) is 4.76. The molecule has 0 aliphatic carbocycles. The van der Waals surface area contributed by atoms with Crippen LogP contribution in [0.4, 0.5) is 4.39 Å². The molecule has 4 nitrogen and oxygen atoms in total. The van der Waals surface area contributed by atoms with Gasteiger partial charge in [0.2, 0.25) is 0 Å². The van der Waals surface area contributed by atoms with Crippen LogP contribution in [0.15, 0.2) is 30.4 Å². The largest absolute Gasteiger partial charge is 0.352 e. The third-order valence-electron chi connectivity index (χ3n) is 4.45. The Hall–Kier alpha value is -0.980. The number of allylic oxidation sites excluding steroid dienone is 1. The minimum absolute atomic E-state index is 0.0987. The summed E-state index contributed by atoms with van der Waals surface area (Å²) >= 11 is 5.70. The Kier molecular flexibility index (Phi) is 6.84. The molecule has 0 saturated carbocycles. The highest BCUT2D eigenvalue weighted by atomic mass is 35.5. The number of halogens is 2. The van der Waals surface area contributed by atoms with Gasteiger partial charge in [0.25, 0.3) is 0 Å². The van der Waals surface area contributed by atoms with Crippen molar-refractivity contribution in [2.75, 3.05) is 26.4 Å². The molecule has 0 atom stereocenters. The lowest BCUT2D eigenvalue weighted by molar-refractivity contribution is -0.217.